The topological polar surface area (TPSA) is 68.4 Å². The van der Waals surface area contributed by atoms with Crippen LogP contribution in [0.2, 0.25) is 0 Å². The van der Waals surface area contributed by atoms with E-state index in [1.54, 1.807) is 42.5 Å². The molecule has 0 atom stereocenters. The molecule has 0 bridgehead atoms. The van der Waals surface area contributed by atoms with E-state index in [4.69, 9.17) is 15.6 Å². The van der Waals surface area contributed by atoms with Crippen molar-refractivity contribution in [1.29, 1.82) is 0 Å². The molecular formula is C12H12N2O2. The summed E-state index contributed by atoms with van der Waals surface area (Å²) in [4.78, 5) is 4.02. The van der Waals surface area contributed by atoms with E-state index in [0.717, 1.165) is 5.56 Å². The van der Waals surface area contributed by atoms with Gasteiger partial charge in [-0.3, -0.25) is 0 Å². The van der Waals surface area contributed by atoms with Crippen LogP contribution in [0.4, 0.5) is 5.82 Å². The summed E-state index contributed by atoms with van der Waals surface area (Å²) in [5.74, 6) is 1.54. The predicted octanol–water partition coefficient (Wildman–Crippen LogP) is 1.95. The number of hydrogen-bond acceptors (Lipinski definition) is 4. The average molecular weight is 216 g/mol. The highest BCUT2D eigenvalue weighted by molar-refractivity contribution is 5.34. The number of aromatic nitrogens is 1. The largest absolute Gasteiger partial charge is 0.439 e. The second-order valence-electron chi connectivity index (χ2n) is 3.30. The predicted molar refractivity (Wildman–Crippen MR) is 61.1 cm³/mol. The summed E-state index contributed by atoms with van der Waals surface area (Å²) in [6.07, 6.45) is 0. The zero-order valence-electron chi connectivity index (χ0n) is 8.63. The lowest BCUT2D eigenvalue weighted by atomic mass is 10.2. The lowest BCUT2D eigenvalue weighted by Gasteiger charge is -2.05. The fourth-order valence-corrected chi connectivity index (χ4v) is 1.27. The van der Waals surface area contributed by atoms with Crippen LogP contribution in [0.3, 0.4) is 0 Å². The zero-order chi connectivity index (χ0) is 11.4. The van der Waals surface area contributed by atoms with E-state index in [-0.39, 0.29) is 6.61 Å². The number of hydrogen-bond donors (Lipinski definition) is 2. The van der Waals surface area contributed by atoms with Gasteiger partial charge in [0.2, 0.25) is 5.88 Å². The second-order valence-corrected chi connectivity index (χ2v) is 3.30. The van der Waals surface area contributed by atoms with Crippen molar-refractivity contribution in [3.05, 3.63) is 48.0 Å². The van der Waals surface area contributed by atoms with Crippen LogP contribution in [0.25, 0.3) is 0 Å². The number of anilines is 1. The van der Waals surface area contributed by atoms with E-state index in [0.29, 0.717) is 17.4 Å². The van der Waals surface area contributed by atoms with Crippen LogP contribution in [-0.2, 0) is 6.61 Å². The Morgan fingerprint density at radius 3 is 2.50 bits per heavy atom. The number of pyridine rings is 1. The van der Waals surface area contributed by atoms with Gasteiger partial charge < -0.3 is 15.6 Å². The molecule has 0 fully saturated rings. The molecule has 0 saturated carbocycles. The number of nitrogens with two attached hydrogens (primary N) is 1. The number of aliphatic hydroxyl groups excluding tert-OH is 1. The van der Waals surface area contributed by atoms with Gasteiger partial charge in [-0.2, -0.15) is 4.98 Å². The maximum atomic E-state index is 8.88. The van der Waals surface area contributed by atoms with Crippen molar-refractivity contribution in [1.82, 2.24) is 4.98 Å². The van der Waals surface area contributed by atoms with Crippen LogP contribution in [0.15, 0.2) is 42.5 Å². The first kappa shape index (κ1) is 10.4. The third-order valence-electron chi connectivity index (χ3n) is 2.07. The van der Waals surface area contributed by atoms with Crippen LogP contribution in [-0.4, -0.2) is 10.1 Å². The molecule has 1 heterocycles. The molecule has 0 radical (unpaired) electrons. The Labute approximate surface area is 93.3 Å². The molecule has 0 amide bonds. The minimum Gasteiger partial charge on any atom is -0.439 e. The molecule has 1 aromatic carbocycles. The summed E-state index contributed by atoms with van der Waals surface area (Å²) >= 11 is 0. The van der Waals surface area contributed by atoms with Crippen LogP contribution in [0.5, 0.6) is 11.6 Å². The third kappa shape index (κ3) is 2.49. The first-order chi connectivity index (χ1) is 7.78. The van der Waals surface area contributed by atoms with E-state index in [2.05, 4.69) is 4.98 Å². The quantitative estimate of drug-likeness (QED) is 0.822. The fraction of sp³-hybridized carbons (Fsp3) is 0.0833. The molecule has 82 valence electrons. The van der Waals surface area contributed by atoms with E-state index in [1.807, 2.05) is 0 Å². The molecule has 0 aliphatic carbocycles. The normalized spacial score (nSPS) is 10.1. The Morgan fingerprint density at radius 2 is 1.88 bits per heavy atom. The summed E-state index contributed by atoms with van der Waals surface area (Å²) in [5, 5.41) is 8.88. The number of nitrogen functional groups attached to an aromatic ring is 1. The molecule has 0 spiro atoms. The average Bonchev–Trinajstić information content (AvgIpc) is 2.30. The minimum absolute atomic E-state index is 0.0246. The van der Waals surface area contributed by atoms with Crippen molar-refractivity contribution in [3.8, 4) is 11.6 Å². The number of ether oxygens (including phenoxy) is 1. The van der Waals surface area contributed by atoms with Crippen molar-refractivity contribution < 1.29 is 9.84 Å². The van der Waals surface area contributed by atoms with Gasteiger partial charge >= 0.3 is 0 Å². The highest BCUT2D eigenvalue weighted by Crippen LogP contribution is 2.20. The number of aliphatic hydroxyl groups is 1. The maximum Gasteiger partial charge on any atom is 0.221 e. The van der Waals surface area contributed by atoms with Crippen LogP contribution < -0.4 is 10.5 Å². The van der Waals surface area contributed by atoms with Gasteiger partial charge in [-0.15, -0.1) is 0 Å². The summed E-state index contributed by atoms with van der Waals surface area (Å²) in [6.45, 7) is 0.0246. The number of benzene rings is 1. The number of nitrogens with zero attached hydrogens (tertiary/aromatic N) is 1. The summed E-state index contributed by atoms with van der Waals surface area (Å²) in [6, 6.07) is 12.3. The fourth-order valence-electron chi connectivity index (χ4n) is 1.27. The summed E-state index contributed by atoms with van der Waals surface area (Å²) in [5.41, 5.74) is 6.37. The molecule has 4 heteroatoms. The molecule has 1 aromatic heterocycles. The minimum atomic E-state index is 0.0246. The third-order valence-corrected chi connectivity index (χ3v) is 2.07. The highest BCUT2D eigenvalue weighted by Gasteiger charge is 1.99. The molecule has 4 nitrogen and oxygen atoms in total. The lowest BCUT2D eigenvalue weighted by molar-refractivity contribution is 0.281. The standard InChI is InChI=1S/C12H12N2O2/c13-11-2-1-3-12(14-11)16-10-6-4-9(8-15)5-7-10/h1-7,15H,8H2,(H2,13,14). The van der Waals surface area contributed by atoms with Crippen LogP contribution in [0.1, 0.15) is 5.56 Å². The van der Waals surface area contributed by atoms with Crippen molar-refractivity contribution in [2.24, 2.45) is 0 Å². The van der Waals surface area contributed by atoms with Crippen LogP contribution >= 0.6 is 0 Å². The van der Waals surface area contributed by atoms with Gasteiger partial charge in [0.15, 0.2) is 0 Å². The Morgan fingerprint density at radius 1 is 1.12 bits per heavy atom. The van der Waals surface area contributed by atoms with Gasteiger partial charge in [0.25, 0.3) is 0 Å². The van der Waals surface area contributed by atoms with Gasteiger partial charge in [0.05, 0.1) is 6.61 Å². The first-order valence-electron chi connectivity index (χ1n) is 4.88. The Hall–Kier alpha value is -2.07. The van der Waals surface area contributed by atoms with Gasteiger partial charge in [-0.25, -0.2) is 0 Å². The van der Waals surface area contributed by atoms with Gasteiger partial charge in [0, 0.05) is 6.07 Å². The smallest absolute Gasteiger partial charge is 0.221 e. The summed E-state index contributed by atoms with van der Waals surface area (Å²) < 4.78 is 5.49. The Balaban J connectivity index is 2.14. The first-order valence-corrected chi connectivity index (χ1v) is 4.88. The molecule has 2 aromatic rings. The van der Waals surface area contributed by atoms with Crippen LogP contribution in [0, 0.1) is 0 Å². The monoisotopic (exact) mass is 216 g/mol. The van der Waals surface area contributed by atoms with Crippen molar-refractivity contribution in [2.45, 2.75) is 6.61 Å². The molecule has 0 saturated heterocycles. The molecule has 0 aliphatic rings. The van der Waals surface area contributed by atoms with E-state index >= 15 is 0 Å². The lowest BCUT2D eigenvalue weighted by Crippen LogP contribution is -1.93. The summed E-state index contributed by atoms with van der Waals surface area (Å²) in [7, 11) is 0. The second kappa shape index (κ2) is 4.63. The van der Waals surface area contributed by atoms with Crippen molar-refractivity contribution >= 4 is 5.82 Å². The van der Waals surface area contributed by atoms with E-state index in [9.17, 15) is 0 Å². The van der Waals surface area contributed by atoms with Gasteiger partial charge in [-0.1, -0.05) is 18.2 Å². The van der Waals surface area contributed by atoms with Crippen molar-refractivity contribution in [3.63, 3.8) is 0 Å². The van der Waals surface area contributed by atoms with Crippen molar-refractivity contribution in [2.75, 3.05) is 5.73 Å². The zero-order valence-corrected chi connectivity index (χ0v) is 8.63. The van der Waals surface area contributed by atoms with E-state index in [1.165, 1.54) is 0 Å². The SMILES string of the molecule is Nc1cccc(Oc2ccc(CO)cc2)n1. The van der Waals surface area contributed by atoms with E-state index < -0.39 is 0 Å². The van der Waals surface area contributed by atoms with Gasteiger partial charge in [0.1, 0.15) is 11.6 Å². The molecule has 3 N–H and O–H groups in total. The highest BCUT2D eigenvalue weighted by atomic mass is 16.5. The molecular weight excluding hydrogens is 204 g/mol. The molecule has 0 unspecified atom stereocenters. The maximum absolute atomic E-state index is 8.88. The van der Waals surface area contributed by atoms with Gasteiger partial charge in [-0.05, 0) is 23.8 Å². The Kier molecular flexibility index (Phi) is 3.03. The molecule has 2 rings (SSSR count). The molecule has 16 heavy (non-hydrogen) atoms. The molecule has 0 aliphatic heterocycles. The Bertz CT molecular complexity index is 469. The number of rotatable bonds is 3.